The zero-order chi connectivity index (χ0) is 15.2. The molecule has 0 spiro atoms. The van der Waals surface area contributed by atoms with Crippen LogP contribution in [-0.2, 0) is 6.42 Å². The zero-order valence-electron chi connectivity index (χ0n) is 11.9. The summed E-state index contributed by atoms with van der Waals surface area (Å²) < 4.78 is 2.31. The number of hydrogen-bond acceptors (Lipinski definition) is 1. The van der Waals surface area contributed by atoms with Crippen molar-refractivity contribution in [3.05, 3.63) is 66.7 Å². The molecule has 4 heteroatoms. The minimum absolute atomic E-state index is 0.289. The van der Waals surface area contributed by atoms with E-state index in [-0.39, 0.29) is 6.04 Å². The molecule has 1 nitrogen and oxygen atoms in total. The maximum absolute atomic E-state index is 6.38. The molecule has 0 radical (unpaired) electrons. The third-order valence-corrected chi connectivity index (χ3v) is 5.19. The van der Waals surface area contributed by atoms with Crippen LogP contribution in [0.4, 0.5) is 0 Å². The molecular formula is C17H18BrClIN. The van der Waals surface area contributed by atoms with Crippen molar-refractivity contribution in [3.63, 3.8) is 0 Å². The highest BCUT2D eigenvalue weighted by Gasteiger charge is 2.15. The second-order valence-electron chi connectivity index (χ2n) is 4.97. The van der Waals surface area contributed by atoms with Gasteiger partial charge in [-0.25, -0.2) is 0 Å². The van der Waals surface area contributed by atoms with Crippen molar-refractivity contribution < 1.29 is 0 Å². The minimum atomic E-state index is 0.289. The summed E-state index contributed by atoms with van der Waals surface area (Å²) in [5.41, 5.74) is 2.51. The summed E-state index contributed by atoms with van der Waals surface area (Å²) >= 11 is 12.2. The van der Waals surface area contributed by atoms with E-state index < -0.39 is 0 Å². The highest BCUT2D eigenvalue weighted by molar-refractivity contribution is 14.1. The lowest BCUT2D eigenvalue weighted by atomic mass is 9.98. The van der Waals surface area contributed by atoms with Crippen molar-refractivity contribution >= 4 is 50.1 Å². The zero-order valence-corrected chi connectivity index (χ0v) is 16.4. The van der Waals surface area contributed by atoms with Crippen LogP contribution < -0.4 is 5.32 Å². The van der Waals surface area contributed by atoms with Crippen molar-refractivity contribution in [2.75, 3.05) is 6.54 Å². The van der Waals surface area contributed by atoms with Crippen molar-refractivity contribution in [1.82, 2.24) is 5.32 Å². The van der Waals surface area contributed by atoms with E-state index in [0.29, 0.717) is 0 Å². The summed E-state index contributed by atoms with van der Waals surface area (Å²) in [7, 11) is 0. The maximum Gasteiger partial charge on any atom is 0.0449 e. The Balaban J connectivity index is 2.26. The predicted molar refractivity (Wildman–Crippen MR) is 103 cm³/mol. The molecule has 0 fully saturated rings. The van der Waals surface area contributed by atoms with Gasteiger partial charge >= 0.3 is 0 Å². The molecule has 2 rings (SSSR count). The number of benzene rings is 2. The summed E-state index contributed by atoms with van der Waals surface area (Å²) in [4.78, 5) is 0. The molecular weight excluding hydrogens is 460 g/mol. The minimum Gasteiger partial charge on any atom is -0.310 e. The quantitative estimate of drug-likeness (QED) is 0.503. The monoisotopic (exact) mass is 477 g/mol. The first-order valence-corrected chi connectivity index (χ1v) is 9.28. The first-order chi connectivity index (χ1) is 10.1. The molecule has 0 heterocycles. The fourth-order valence-corrected chi connectivity index (χ4v) is 3.79. The first kappa shape index (κ1) is 17.3. The van der Waals surface area contributed by atoms with E-state index in [2.05, 4.69) is 81.1 Å². The Hall–Kier alpha value is -0.100. The standard InChI is InChI=1S/C17H18BrClIN/c1-2-9-21-17(14-5-3-4-6-16(14)20)10-12-7-8-13(18)11-15(12)19/h3-8,11,17,21H,2,9-10H2,1H3. The van der Waals surface area contributed by atoms with Crippen LogP contribution in [0.1, 0.15) is 30.5 Å². The van der Waals surface area contributed by atoms with Gasteiger partial charge in [-0.15, -0.1) is 0 Å². The molecule has 1 unspecified atom stereocenters. The molecule has 2 aromatic carbocycles. The van der Waals surface area contributed by atoms with Crippen molar-refractivity contribution in [3.8, 4) is 0 Å². The van der Waals surface area contributed by atoms with E-state index in [1.165, 1.54) is 14.7 Å². The summed E-state index contributed by atoms with van der Waals surface area (Å²) in [5.74, 6) is 0. The Morgan fingerprint density at radius 2 is 2.00 bits per heavy atom. The molecule has 0 aliphatic heterocycles. The van der Waals surface area contributed by atoms with E-state index in [4.69, 9.17) is 11.6 Å². The first-order valence-electron chi connectivity index (χ1n) is 7.03. The molecule has 0 saturated heterocycles. The SMILES string of the molecule is CCCNC(Cc1ccc(Br)cc1Cl)c1ccccc1I. The predicted octanol–water partition coefficient (Wildman–Crippen LogP) is 5.99. The maximum atomic E-state index is 6.38. The molecule has 112 valence electrons. The van der Waals surface area contributed by atoms with Crippen LogP contribution in [0.2, 0.25) is 5.02 Å². The Labute approximate surface area is 153 Å². The fraction of sp³-hybridized carbons (Fsp3) is 0.294. The van der Waals surface area contributed by atoms with Gasteiger partial charge in [-0.2, -0.15) is 0 Å². The van der Waals surface area contributed by atoms with Gasteiger partial charge in [-0.3, -0.25) is 0 Å². The third-order valence-electron chi connectivity index (χ3n) is 3.36. The highest BCUT2D eigenvalue weighted by Crippen LogP contribution is 2.28. The van der Waals surface area contributed by atoms with Gasteiger partial charge in [0.05, 0.1) is 0 Å². The lowest BCUT2D eigenvalue weighted by Gasteiger charge is -2.21. The van der Waals surface area contributed by atoms with E-state index >= 15 is 0 Å². The summed E-state index contributed by atoms with van der Waals surface area (Å²) in [6, 6.07) is 14.9. The number of rotatable bonds is 6. The van der Waals surface area contributed by atoms with Gasteiger partial charge < -0.3 is 5.32 Å². The Kier molecular flexibility index (Phi) is 6.99. The lowest BCUT2D eigenvalue weighted by Crippen LogP contribution is -2.25. The second kappa shape index (κ2) is 8.51. The Bertz CT molecular complexity index is 603. The molecule has 0 amide bonds. The van der Waals surface area contributed by atoms with Gasteiger partial charge in [0.1, 0.15) is 0 Å². The molecule has 0 aromatic heterocycles. The van der Waals surface area contributed by atoms with Crippen molar-refractivity contribution in [2.45, 2.75) is 25.8 Å². The molecule has 0 bridgehead atoms. The smallest absolute Gasteiger partial charge is 0.0449 e. The van der Waals surface area contributed by atoms with E-state index in [0.717, 1.165) is 28.9 Å². The molecule has 2 aromatic rings. The van der Waals surface area contributed by atoms with E-state index in [1.54, 1.807) is 0 Å². The number of nitrogens with one attached hydrogen (secondary N) is 1. The molecule has 0 aliphatic rings. The van der Waals surface area contributed by atoms with Crippen LogP contribution in [0.3, 0.4) is 0 Å². The van der Waals surface area contributed by atoms with Gasteiger partial charge in [0.15, 0.2) is 0 Å². The van der Waals surface area contributed by atoms with Crippen LogP contribution in [0.15, 0.2) is 46.9 Å². The largest absolute Gasteiger partial charge is 0.310 e. The Morgan fingerprint density at radius 3 is 2.67 bits per heavy atom. The van der Waals surface area contributed by atoms with Crippen LogP contribution in [-0.4, -0.2) is 6.54 Å². The van der Waals surface area contributed by atoms with Gasteiger partial charge in [0, 0.05) is 19.1 Å². The molecule has 0 saturated carbocycles. The van der Waals surface area contributed by atoms with Crippen molar-refractivity contribution in [2.24, 2.45) is 0 Å². The second-order valence-corrected chi connectivity index (χ2v) is 7.45. The van der Waals surface area contributed by atoms with Gasteiger partial charge in [0.25, 0.3) is 0 Å². The lowest BCUT2D eigenvalue weighted by molar-refractivity contribution is 0.527. The topological polar surface area (TPSA) is 12.0 Å². The average Bonchev–Trinajstić information content (AvgIpc) is 2.46. The van der Waals surface area contributed by atoms with Crippen LogP contribution in [0.5, 0.6) is 0 Å². The number of hydrogen-bond donors (Lipinski definition) is 1. The van der Waals surface area contributed by atoms with Crippen molar-refractivity contribution in [1.29, 1.82) is 0 Å². The van der Waals surface area contributed by atoms with E-state index in [1.807, 2.05) is 12.1 Å². The molecule has 1 N–H and O–H groups in total. The highest BCUT2D eigenvalue weighted by atomic mass is 127. The van der Waals surface area contributed by atoms with Gasteiger partial charge in [0.2, 0.25) is 0 Å². The summed E-state index contributed by atoms with van der Waals surface area (Å²) in [6.45, 7) is 3.19. The summed E-state index contributed by atoms with van der Waals surface area (Å²) in [5, 5.41) is 4.46. The van der Waals surface area contributed by atoms with Gasteiger partial charge in [-0.1, -0.05) is 58.7 Å². The van der Waals surface area contributed by atoms with Gasteiger partial charge in [-0.05, 0) is 71.3 Å². The van der Waals surface area contributed by atoms with Crippen LogP contribution in [0.25, 0.3) is 0 Å². The van der Waals surface area contributed by atoms with Crippen LogP contribution >= 0.6 is 50.1 Å². The molecule has 21 heavy (non-hydrogen) atoms. The fourth-order valence-electron chi connectivity index (χ4n) is 2.28. The average molecular weight is 479 g/mol. The molecule has 0 aliphatic carbocycles. The third kappa shape index (κ3) is 4.95. The normalized spacial score (nSPS) is 12.4. The molecule has 1 atom stereocenters. The number of halogens is 3. The summed E-state index contributed by atoms with van der Waals surface area (Å²) in [6.07, 6.45) is 2.01. The van der Waals surface area contributed by atoms with E-state index in [9.17, 15) is 0 Å². The Morgan fingerprint density at radius 1 is 1.24 bits per heavy atom. The van der Waals surface area contributed by atoms with Crippen LogP contribution in [0, 0.1) is 3.57 Å².